The molecule has 0 aliphatic carbocycles. The van der Waals surface area contributed by atoms with Crippen LogP contribution in [0.2, 0.25) is 0 Å². The van der Waals surface area contributed by atoms with Crippen molar-refractivity contribution in [1.29, 1.82) is 0 Å². The Morgan fingerprint density at radius 2 is 2.05 bits per heavy atom. The third-order valence-electron chi connectivity index (χ3n) is 4.39. The van der Waals surface area contributed by atoms with Gasteiger partial charge in [-0.15, -0.1) is 0 Å². The normalized spacial score (nSPS) is 27.4. The van der Waals surface area contributed by atoms with E-state index in [-0.39, 0.29) is 5.91 Å². The van der Waals surface area contributed by atoms with Crippen LogP contribution in [-0.2, 0) is 4.79 Å². The van der Waals surface area contributed by atoms with E-state index >= 15 is 0 Å². The largest absolute Gasteiger partial charge is 0.352 e. The monoisotopic (exact) mass is 268 g/mol. The molecular weight excluding hydrogens is 240 g/mol. The Bertz CT molecular complexity index is 289. The smallest absolute Gasteiger partial charge is 0.234 e. The van der Waals surface area contributed by atoms with Gasteiger partial charge in [-0.05, 0) is 26.3 Å². The van der Waals surface area contributed by atoms with Crippen LogP contribution in [0, 0.1) is 0 Å². The summed E-state index contributed by atoms with van der Waals surface area (Å²) in [6, 6.07) is 0.843. The molecule has 0 radical (unpaired) electrons. The van der Waals surface area contributed by atoms with Crippen molar-refractivity contribution in [3.63, 3.8) is 0 Å². The lowest BCUT2D eigenvalue weighted by Gasteiger charge is -2.35. The Morgan fingerprint density at radius 1 is 1.32 bits per heavy atom. The van der Waals surface area contributed by atoms with E-state index in [1.807, 2.05) is 0 Å². The molecule has 110 valence electrons. The number of likely N-dealkylation sites (tertiary alicyclic amines) is 1. The van der Waals surface area contributed by atoms with Gasteiger partial charge in [0.05, 0.1) is 6.54 Å². The number of nitrogens with zero attached hydrogens (tertiary/aromatic N) is 2. The summed E-state index contributed by atoms with van der Waals surface area (Å²) >= 11 is 0. The van der Waals surface area contributed by atoms with Crippen LogP contribution in [0.15, 0.2) is 0 Å². The van der Waals surface area contributed by atoms with Crippen molar-refractivity contribution in [1.82, 2.24) is 20.4 Å². The van der Waals surface area contributed by atoms with E-state index in [0.717, 1.165) is 52.1 Å². The zero-order valence-electron chi connectivity index (χ0n) is 12.3. The SMILES string of the molecule is CCN1CCC(NC(=O)CN2CCNC[C@H]2C)CC1. The highest BCUT2D eigenvalue weighted by Gasteiger charge is 2.23. The van der Waals surface area contributed by atoms with Crippen LogP contribution in [0.5, 0.6) is 0 Å². The molecule has 2 fully saturated rings. The van der Waals surface area contributed by atoms with E-state index in [1.54, 1.807) is 0 Å². The van der Waals surface area contributed by atoms with Crippen LogP contribution in [0.1, 0.15) is 26.7 Å². The Balaban J connectivity index is 1.69. The van der Waals surface area contributed by atoms with Crippen LogP contribution in [0.25, 0.3) is 0 Å². The molecule has 19 heavy (non-hydrogen) atoms. The second-order valence-electron chi connectivity index (χ2n) is 5.80. The molecule has 1 amide bonds. The van der Waals surface area contributed by atoms with Gasteiger partial charge in [0.25, 0.3) is 0 Å². The lowest BCUT2D eigenvalue weighted by atomic mass is 10.1. The summed E-state index contributed by atoms with van der Waals surface area (Å²) in [4.78, 5) is 16.8. The molecule has 0 aromatic carbocycles. The standard InChI is InChI=1S/C14H28N4O/c1-3-17-7-4-13(5-8-17)16-14(19)11-18-9-6-15-10-12(18)2/h12-13,15H,3-11H2,1-2H3,(H,16,19)/t12-/m1/s1. The first-order valence-electron chi connectivity index (χ1n) is 7.65. The summed E-state index contributed by atoms with van der Waals surface area (Å²) in [5.41, 5.74) is 0. The number of hydrogen-bond donors (Lipinski definition) is 2. The number of carbonyl (C=O) groups excluding carboxylic acids is 1. The number of nitrogens with one attached hydrogen (secondary N) is 2. The number of amides is 1. The molecule has 0 unspecified atom stereocenters. The molecule has 2 rings (SSSR count). The van der Waals surface area contributed by atoms with Crippen molar-refractivity contribution in [2.75, 3.05) is 45.8 Å². The van der Waals surface area contributed by atoms with Gasteiger partial charge >= 0.3 is 0 Å². The van der Waals surface area contributed by atoms with Crippen LogP contribution >= 0.6 is 0 Å². The molecule has 2 heterocycles. The lowest BCUT2D eigenvalue weighted by Crippen LogP contribution is -2.54. The van der Waals surface area contributed by atoms with Crippen molar-refractivity contribution >= 4 is 5.91 Å². The van der Waals surface area contributed by atoms with Crippen molar-refractivity contribution in [2.24, 2.45) is 0 Å². The first-order valence-corrected chi connectivity index (χ1v) is 7.65. The maximum atomic E-state index is 12.1. The molecule has 5 nitrogen and oxygen atoms in total. The first kappa shape index (κ1) is 14.8. The van der Waals surface area contributed by atoms with Crippen LogP contribution in [-0.4, -0.2) is 73.6 Å². The second kappa shape index (κ2) is 7.22. The van der Waals surface area contributed by atoms with E-state index in [4.69, 9.17) is 0 Å². The predicted molar refractivity (Wildman–Crippen MR) is 77.2 cm³/mol. The van der Waals surface area contributed by atoms with Gasteiger partial charge in [0.1, 0.15) is 0 Å². The molecule has 0 saturated carbocycles. The highest BCUT2D eigenvalue weighted by atomic mass is 16.2. The lowest BCUT2D eigenvalue weighted by molar-refractivity contribution is -0.124. The first-order chi connectivity index (χ1) is 9.19. The Kier molecular flexibility index (Phi) is 5.60. The minimum absolute atomic E-state index is 0.198. The Labute approximate surface area is 116 Å². The molecule has 5 heteroatoms. The van der Waals surface area contributed by atoms with E-state index in [2.05, 4.69) is 34.3 Å². The third-order valence-corrected chi connectivity index (χ3v) is 4.39. The van der Waals surface area contributed by atoms with Crippen molar-refractivity contribution in [3.05, 3.63) is 0 Å². The zero-order valence-corrected chi connectivity index (χ0v) is 12.3. The minimum Gasteiger partial charge on any atom is -0.352 e. The number of rotatable bonds is 4. The summed E-state index contributed by atoms with van der Waals surface area (Å²) in [5, 5.41) is 6.56. The number of carbonyl (C=O) groups is 1. The summed E-state index contributed by atoms with van der Waals surface area (Å²) < 4.78 is 0. The van der Waals surface area contributed by atoms with Crippen LogP contribution < -0.4 is 10.6 Å². The van der Waals surface area contributed by atoms with E-state index < -0.39 is 0 Å². The molecule has 0 aromatic heterocycles. The highest BCUT2D eigenvalue weighted by Crippen LogP contribution is 2.10. The molecule has 2 aliphatic heterocycles. The Morgan fingerprint density at radius 3 is 2.68 bits per heavy atom. The molecule has 0 bridgehead atoms. The fourth-order valence-electron chi connectivity index (χ4n) is 2.97. The molecular formula is C14H28N4O. The fourth-order valence-corrected chi connectivity index (χ4v) is 2.97. The number of piperidine rings is 1. The van der Waals surface area contributed by atoms with Gasteiger partial charge in [0.2, 0.25) is 5.91 Å². The van der Waals surface area contributed by atoms with Crippen molar-refractivity contribution in [3.8, 4) is 0 Å². The topological polar surface area (TPSA) is 47.6 Å². The van der Waals surface area contributed by atoms with Crippen LogP contribution in [0.3, 0.4) is 0 Å². The number of piperazine rings is 1. The average Bonchev–Trinajstić information content (AvgIpc) is 2.42. The molecule has 1 atom stereocenters. The van der Waals surface area contributed by atoms with Crippen molar-refractivity contribution < 1.29 is 4.79 Å². The molecule has 0 spiro atoms. The second-order valence-corrected chi connectivity index (χ2v) is 5.80. The number of hydrogen-bond acceptors (Lipinski definition) is 4. The highest BCUT2D eigenvalue weighted by molar-refractivity contribution is 5.78. The predicted octanol–water partition coefficient (Wildman–Crippen LogP) is -0.119. The molecule has 0 aromatic rings. The summed E-state index contributed by atoms with van der Waals surface area (Å²) in [7, 11) is 0. The minimum atomic E-state index is 0.198. The average molecular weight is 268 g/mol. The fraction of sp³-hybridized carbons (Fsp3) is 0.929. The van der Waals surface area contributed by atoms with Gasteiger partial charge in [-0.25, -0.2) is 0 Å². The van der Waals surface area contributed by atoms with Gasteiger partial charge in [-0.2, -0.15) is 0 Å². The third kappa shape index (κ3) is 4.44. The van der Waals surface area contributed by atoms with Crippen LogP contribution in [0.4, 0.5) is 0 Å². The van der Waals surface area contributed by atoms with Crippen molar-refractivity contribution in [2.45, 2.75) is 38.8 Å². The van der Waals surface area contributed by atoms with E-state index in [1.165, 1.54) is 0 Å². The van der Waals surface area contributed by atoms with Gasteiger partial charge in [-0.1, -0.05) is 6.92 Å². The quantitative estimate of drug-likeness (QED) is 0.746. The Hall–Kier alpha value is -0.650. The molecule has 2 N–H and O–H groups in total. The van der Waals surface area contributed by atoms with Gasteiger partial charge in [-0.3, -0.25) is 9.69 Å². The molecule has 2 aliphatic rings. The van der Waals surface area contributed by atoms with Gasteiger partial charge < -0.3 is 15.5 Å². The maximum absolute atomic E-state index is 12.1. The molecule has 2 saturated heterocycles. The van der Waals surface area contributed by atoms with E-state index in [0.29, 0.717) is 18.6 Å². The summed E-state index contributed by atoms with van der Waals surface area (Å²) in [6.07, 6.45) is 2.19. The summed E-state index contributed by atoms with van der Waals surface area (Å²) in [6.45, 7) is 11.2. The summed E-state index contributed by atoms with van der Waals surface area (Å²) in [5.74, 6) is 0.198. The van der Waals surface area contributed by atoms with Gasteiger partial charge in [0.15, 0.2) is 0 Å². The van der Waals surface area contributed by atoms with Gasteiger partial charge in [0, 0.05) is 44.8 Å². The maximum Gasteiger partial charge on any atom is 0.234 e. The van der Waals surface area contributed by atoms with E-state index in [9.17, 15) is 4.79 Å². The zero-order chi connectivity index (χ0) is 13.7.